The van der Waals surface area contributed by atoms with Crippen LogP contribution in [0, 0.1) is 5.41 Å². The quantitative estimate of drug-likeness (QED) is 0.306. The Morgan fingerprint density at radius 3 is 2.56 bits per heavy atom. The molecule has 0 aliphatic heterocycles. The zero-order chi connectivity index (χ0) is 17.4. The first-order valence-corrected chi connectivity index (χ1v) is 9.18. The fourth-order valence-corrected chi connectivity index (χ4v) is 3.60. The molecule has 0 aromatic heterocycles. The third kappa shape index (κ3) is 6.60. The number of halogens is 2. The van der Waals surface area contributed by atoms with Gasteiger partial charge in [0.15, 0.2) is 5.96 Å². The van der Waals surface area contributed by atoms with Crippen molar-refractivity contribution in [3.8, 4) is 5.75 Å². The van der Waals surface area contributed by atoms with E-state index in [1.54, 1.807) is 14.2 Å². The first-order chi connectivity index (χ1) is 11.6. The lowest BCUT2D eigenvalue weighted by molar-refractivity contribution is 0.0732. The summed E-state index contributed by atoms with van der Waals surface area (Å²) in [5.41, 5.74) is 1.54. The Labute approximate surface area is 176 Å². The summed E-state index contributed by atoms with van der Waals surface area (Å²) >= 11 is 3.52. The van der Waals surface area contributed by atoms with Crippen molar-refractivity contribution in [2.24, 2.45) is 10.4 Å². The molecule has 1 aromatic carbocycles. The van der Waals surface area contributed by atoms with Gasteiger partial charge in [0.25, 0.3) is 0 Å². The number of benzene rings is 1. The van der Waals surface area contributed by atoms with Crippen LogP contribution in [0.5, 0.6) is 5.75 Å². The van der Waals surface area contributed by atoms with Gasteiger partial charge < -0.3 is 20.1 Å². The lowest BCUT2D eigenvalue weighted by Gasteiger charge is -2.42. The van der Waals surface area contributed by atoms with Crippen molar-refractivity contribution in [3.05, 3.63) is 28.2 Å². The van der Waals surface area contributed by atoms with Gasteiger partial charge in [0.2, 0.25) is 0 Å². The van der Waals surface area contributed by atoms with Gasteiger partial charge in [-0.05, 0) is 58.3 Å². The first-order valence-electron chi connectivity index (χ1n) is 8.38. The Morgan fingerprint density at radius 1 is 1.28 bits per heavy atom. The Balaban J connectivity index is 0.00000312. The molecule has 1 saturated carbocycles. The summed E-state index contributed by atoms with van der Waals surface area (Å²) in [5, 5.41) is 6.85. The third-order valence-electron chi connectivity index (χ3n) is 4.78. The molecule has 25 heavy (non-hydrogen) atoms. The highest BCUT2D eigenvalue weighted by atomic mass is 127. The molecule has 1 fully saturated rings. The molecule has 1 aliphatic rings. The molecule has 1 aliphatic carbocycles. The molecule has 0 atom stereocenters. The van der Waals surface area contributed by atoms with Crippen molar-refractivity contribution >= 4 is 45.9 Å². The second kappa shape index (κ2) is 11.2. The predicted molar refractivity (Wildman–Crippen MR) is 117 cm³/mol. The van der Waals surface area contributed by atoms with E-state index in [2.05, 4.69) is 43.7 Å². The summed E-state index contributed by atoms with van der Waals surface area (Å²) in [4.78, 5) is 4.33. The summed E-state index contributed by atoms with van der Waals surface area (Å²) in [7, 11) is 5.25. The average molecular weight is 526 g/mol. The van der Waals surface area contributed by atoms with Crippen molar-refractivity contribution in [3.63, 3.8) is 0 Å². The number of nitrogens with zero attached hydrogens (tertiary/aromatic N) is 1. The van der Waals surface area contributed by atoms with E-state index in [1.807, 2.05) is 13.1 Å². The van der Waals surface area contributed by atoms with Crippen LogP contribution < -0.4 is 15.4 Å². The number of hydrogen-bond donors (Lipinski definition) is 2. The Kier molecular flexibility index (Phi) is 10.1. The molecule has 0 unspecified atom stereocenters. The molecule has 5 nitrogen and oxygen atoms in total. The van der Waals surface area contributed by atoms with E-state index >= 15 is 0 Å². The second-order valence-electron chi connectivity index (χ2n) is 6.34. The largest absolute Gasteiger partial charge is 0.496 e. The number of guanidine groups is 1. The molecule has 7 heteroatoms. The van der Waals surface area contributed by atoms with E-state index in [0.717, 1.165) is 35.8 Å². The average Bonchev–Trinajstić information content (AvgIpc) is 2.56. The van der Waals surface area contributed by atoms with Gasteiger partial charge in [-0.2, -0.15) is 0 Å². The van der Waals surface area contributed by atoms with Crippen molar-refractivity contribution < 1.29 is 9.47 Å². The van der Waals surface area contributed by atoms with Crippen LogP contribution in [0.15, 0.2) is 27.7 Å². The minimum Gasteiger partial charge on any atom is -0.496 e. The van der Waals surface area contributed by atoms with E-state index in [9.17, 15) is 0 Å². The van der Waals surface area contributed by atoms with Gasteiger partial charge in [0.05, 0.1) is 11.6 Å². The van der Waals surface area contributed by atoms with E-state index in [-0.39, 0.29) is 24.0 Å². The summed E-state index contributed by atoms with van der Waals surface area (Å²) in [5.74, 6) is 1.68. The maximum absolute atomic E-state index is 5.26. The molecule has 0 radical (unpaired) electrons. The van der Waals surface area contributed by atoms with Crippen molar-refractivity contribution in [2.75, 3.05) is 34.4 Å². The summed E-state index contributed by atoms with van der Waals surface area (Å²) in [6, 6.07) is 6.08. The maximum atomic E-state index is 5.26. The first kappa shape index (κ1) is 22.5. The zero-order valence-corrected chi connectivity index (χ0v) is 19.1. The van der Waals surface area contributed by atoms with Crippen LogP contribution in [0.1, 0.15) is 31.2 Å². The Morgan fingerprint density at radius 2 is 2.04 bits per heavy atom. The minimum atomic E-state index is 0. The summed E-state index contributed by atoms with van der Waals surface area (Å²) < 4.78 is 11.5. The highest BCUT2D eigenvalue weighted by molar-refractivity contribution is 14.0. The number of ether oxygens (including phenoxy) is 2. The maximum Gasteiger partial charge on any atom is 0.191 e. The molecule has 142 valence electrons. The van der Waals surface area contributed by atoms with Crippen molar-refractivity contribution in [1.29, 1.82) is 0 Å². The zero-order valence-electron chi connectivity index (χ0n) is 15.2. The number of methoxy groups -OCH3 is 2. The Bertz CT molecular complexity index is 565. The topological polar surface area (TPSA) is 54.9 Å². The monoisotopic (exact) mass is 525 g/mol. The van der Waals surface area contributed by atoms with Gasteiger partial charge >= 0.3 is 0 Å². The van der Waals surface area contributed by atoms with E-state index in [1.165, 1.54) is 24.8 Å². The molecule has 0 amide bonds. The van der Waals surface area contributed by atoms with E-state index < -0.39 is 0 Å². The highest BCUT2D eigenvalue weighted by Gasteiger charge is 2.36. The smallest absolute Gasteiger partial charge is 0.191 e. The van der Waals surface area contributed by atoms with Gasteiger partial charge in [-0.15, -0.1) is 24.0 Å². The molecule has 0 saturated heterocycles. The molecule has 2 N–H and O–H groups in total. The minimum absolute atomic E-state index is 0. The third-order valence-corrected chi connectivity index (χ3v) is 5.40. The van der Waals surface area contributed by atoms with Gasteiger partial charge in [0, 0.05) is 33.9 Å². The standard InChI is InChI=1S/C18H28BrN3O2.HI/c1-20-17(22-13-18(7-4-8-18)9-10-23-2)21-12-14-5-6-16(24-3)15(19)11-14;/h5-6,11H,4,7-10,12-13H2,1-3H3,(H2,20,21,22);1H. The molecular weight excluding hydrogens is 497 g/mol. The fourth-order valence-electron chi connectivity index (χ4n) is 3.01. The van der Waals surface area contributed by atoms with Gasteiger partial charge in [-0.3, -0.25) is 4.99 Å². The van der Waals surface area contributed by atoms with Gasteiger partial charge in [-0.1, -0.05) is 12.5 Å². The highest BCUT2D eigenvalue weighted by Crippen LogP contribution is 2.43. The number of nitrogens with one attached hydrogen (secondary N) is 2. The second-order valence-corrected chi connectivity index (χ2v) is 7.20. The molecule has 0 heterocycles. The lowest BCUT2D eigenvalue weighted by Crippen LogP contribution is -2.46. The van der Waals surface area contributed by atoms with Crippen molar-refractivity contribution in [1.82, 2.24) is 10.6 Å². The number of rotatable bonds is 8. The van der Waals surface area contributed by atoms with Gasteiger partial charge in [-0.25, -0.2) is 0 Å². The normalized spacial score (nSPS) is 15.8. The SMILES string of the molecule is CN=C(NCc1ccc(OC)c(Br)c1)NCC1(CCOC)CCC1.I. The van der Waals surface area contributed by atoms with E-state index in [4.69, 9.17) is 9.47 Å². The molecule has 0 spiro atoms. The predicted octanol–water partition coefficient (Wildman–Crippen LogP) is 3.95. The van der Waals surface area contributed by atoms with Crippen LogP contribution in [0.25, 0.3) is 0 Å². The summed E-state index contributed by atoms with van der Waals surface area (Å²) in [6.45, 7) is 2.49. The number of aliphatic imine (C=N–C) groups is 1. The van der Waals surface area contributed by atoms with Crippen LogP contribution in [0.4, 0.5) is 0 Å². The summed E-state index contributed by atoms with van der Waals surface area (Å²) in [6.07, 6.45) is 4.97. The van der Waals surface area contributed by atoms with Crippen LogP contribution >= 0.6 is 39.9 Å². The Hall–Kier alpha value is -0.540. The number of hydrogen-bond acceptors (Lipinski definition) is 3. The van der Waals surface area contributed by atoms with Crippen LogP contribution in [0.3, 0.4) is 0 Å². The molecule has 1 aromatic rings. The van der Waals surface area contributed by atoms with Gasteiger partial charge in [0.1, 0.15) is 5.75 Å². The van der Waals surface area contributed by atoms with Crippen LogP contribution in [-0.4, -0.2) is 40.4 Å². The molecule has 2 rings (SSSR count). The fraction of sp³-hybridized carbons (Fsp3) is 0.611. The van der Waals surface area contributed by atoms with Crippen molar-refractivity contribution in [2.45, 2.75) is 32.2 Å². The molecular formula is C18H29BrIN3O2. The van der Waals surface area contributed by atoms with Crippen LogP contribution in [-0.2, 0) is 11.3 Å². The van der Waals surface area contributed by atoms with Crippen LogP contribution in [0.2, 0.25) is 0 Å². The molecule has 0 bridgehead atoms. The lowest BCUT2D eigenvalue weighted by atomic mass is 9.67. The van der Waals surface area contributed by atoms with E-state index in [0.29, 0.717) is 12.0 Å².